The second-order valence-corrected chi connectivity index (χ2v) is 4.74. The molecule has 2 rings (SSSR count). The van der Waals surface area contributed by atoms with E-state index in [4.69, 9.17) is 0 Å². The number of hydrogen-bond acceptors (Lipinski definition) is 1. The molecule has 2 aromatic rings. The summed E-state index contributed by atoms with van der Waals surface area (Å²) in [5.41, 5.74) is 3.85. The topological polar surface area (TPSA) is 17.0 Å². The van der Waals surface area contributed by atoms with Crippen LogP contribution in [-0.2, 0) is 13.6 Å². The van der Waals surface area contributed by atoms with E-state index >= 15 is 0 Å². The minimum Gasteiger partial charge on any atom is -0.379 e. The van der Waals surface area contributed by atoms with Crippen LogP contribution >= 0.6 is 0 Å². The van der Waals surface area contributed by atoms with Gasteiger partial charge in [-0.2, -0.15) is 0 Å². The first kappa shape index (κ1) is 11.8. The molecule has 0 atom stereocenters. The van der Waals surface area contributed by atoms with Gasteiger partial charge < -0.3 is 9.88 Å². The van der Waals surface area contributed by atoms with Crippen molar-refractivity contribution in [1.29, 1.82) is 0 Å². The lowest BCUT2D eigenvalue weighted by Crippen LogP contribution is -2.03. The molecule has 0 unspecified atom stereocenters. The van der Waals surface area contributed by atoms with Crippen LogP contribution in [0, 0.1) is 0 Å². The van der Waals surface area contributed by atoms with Crippen LogP contribution in [0.1, 0.15) is 31.0 Å². The van der Waals surface area contributed by atoms with Crippen LogP contribution in [0.5, 0.6) is 0 Å². The smallest absolute Gasteiger partial charge is 0.0553 e. The maximum Gasteiger partial charge on any atom is 0.0553 e. The zero-order chi connectivity index (χ0) is 12.3. The molecule has 90 valence electrons. The molecule has 17 heavy (non-hydrogen) atoms. The maximum atomic E-state index is 3.43. The van der Waals surface area contributed by atoms with Crippen LogP contribution in [0.2, 0.25) is 0 Å². The molecule has 1 N–H and O–H groups in total. The van der Waals surface area contributed by atoms with Crippen LogP contribution in [0.25, 0.3) is 0 Å². The standard InChI is InChI=1S/C15H20N2/c1-12(2)13-6-8-14(9-7-13)16-11-15-5-4-10-17(15)3/h4-10,12,16H,11H2,1-3H3. The summed E-state index contributed by atoms with van der Waals surface area (Å²) in [6, 6.07) is 12.9. The lowest BCUT2D eigenvalue weighted by atomic mass is 10.0. The van der Waals surface area contributed by atoms with E-state index in [9.17, 15) is 0 Å². The fourth-order valence-corrected chi connectivity index (χ4v) is 1.86. The Bertz CT molecular complexity index is 466. The van der Waals surface area contributed by atoms with Gasteiger partial charge in [-0.05, 0) is 35.7 Å². The Hall–Kier alpha value is -1.70. The normalized spacial score (nSPS) is 10.8. The molecule has 1 aromatic heterocycles. The van der Waals surface area contributed by atoms with Crippen molar-refractivity contribution in [3.8, 4) is 0 Å². The minimum atomic E-state index is 0.594. The number of rotatable bonds is 4. The maximum absolute atomic E-state index is 3.43. The first-order chi connectivity index (χ1) is 8.16. The average molecular weight is 228 g/mol. The predicted octanol–water partition coefficient (Wildman–Crippen LogP) is 3.76. The molecule has 2 nitrogen and oxygen atoms in total. The Balaban J connectivity index is 1.98. The minimum absolute atomic E-state index is 0.594. The fraction of sp³-hybridized carbons (Fsp3) is 0.333. The molecular formula is C15H20N2. The summed E-state index contributed by atoms with van der Waals surface area (Å²) in [6.07, 6.45) is 2.07. The van der Waals surface area contributed by atoms with Gasteiger partial charge in [-0.1, -0.05) is 26.0 Å². The Morgan fingerprint density at radius 3 is 2.35 bits per heavy atom. The second-order valence-electron chi connectivity index (χ2n) is 4.74. The van der Waals surface area contributed by atoms with Crippen molar-refractivity contribution in [2.45, 2.75) is 26.3 Å². The van der Waals surface area contributed by atoms with Crippen molar-refractivity contribution >= 4 is 5.69 Å². The van der Waals surface area contributed by atoms with Crippen LogP contribution in [0.15, 0.2) is 42.6 Å². The Kier molecular flexibility index (Phi) is 3.52. The molecule has 1 aromatic carbocycles. The Morgan fingerprint density at radius 1 is 1.12 bits per heavy atom. The number of nitrogens with one attached hydrogen (secondary N) is 1. The van der Waals surface area contributed by atoms with Gasteiger partial charge in [-0.15, -0.1) is 0 Å². The van der Waals surface area contributed by atoms with Crippen molar-refractivity contribution in [3.05, 3.63) is 53.9 Å². The monoisotopic (exact) mass is 228 g/mol. The van der Waals surface area contributed by atoms with Gasteiger partial charge in [-0.25, -0.2) is 0 Å². The summed E-state index contributed by atoms with van der Waals surface area (Å²) in [5.74, 6) is 0.594. The highest BCUT2D eigenvalue weighted by molar-refractivity contribution is 5.45. The largest absolute Gasteiger partial charge is 0.379 e. The van der Waals surface area contributed by atoms with E-state index in [0.717, 1.165) is 6.54 Å². The summed E-state index contributed by atoms with van der Waals surface area (Å²) in [5, 5.41) is 3.43. The lowest BCUT2D eigenvalue weighted by Gasteiger charge is -2.09. The zero-order valence-corrected chi connectivity index (χ0v) is 10.8. The average Bonchev–Trinajstić information content (AvgIpc) is 2.73. The van der Waals surface area contributed by atoms with Gasteiger partial charge in [0.1, 0.15) is 0 Å². The molecular weight excluding hydrogens is 208 g/mol. The van der Waals surface area contributed by atoms with Gasteiger partial charge in [-0.3, -0.25) is 0 Å². The SMILES string of the molecule is CC(C)c1ccc(NCc2cccn2C)cc1. The highest BCUT2D eigenvalue weighted by Crippen LogP contribution is 2.17. The number of nitrogens with zero attached hydrogens (tertiary/aromatic N) is 1. The third-order valence-electron chi connectivity index (χ3n) is 3.10. The number of aromatic nitrogens is 1. The van der Waals surface area contributed by atoms with Crippen LogP contribution < -0.4 is 5.32 Å². The highest BCUT2D eigenvalue weighted by atomic mass is 15.0. The third kappa shape index (κ3) is 2.90. The molecule has 0 saturated heterocycles. The van der Waals surface area contributed by atoms with Crippen molar-refractivity contribution < 1.29 is 0 Å². The van der Waals surface area contributed by atoms with Crippen LogP contribution in [0.3, 0.4) is 0 Å². The number of hydrogen-bond donors (Lipinski definition) is 1. The molecule has 0 aliphatic heterocycles. The first-order valence-corrected chi connectivity index (χ1v) is 6.11. The van der Waals surface area contributed by atoms with E-state index < -0.39 is 0 Å². The van der Waals surface area contributed by atoms with E-state index in [2.05, 4.69) is 73.4 Å². The molecule has 0 aliphatic rings. The van der Waals surface area contributed by atoms with Crippen molar-refractivity contribution in [2.24, 2.45) is 7.05 Å². The van der Waals surface area contributed by atoms with Gasteiger partial charge in [0.15, 0.2) is 0 Å². The van der Waals surface area contributed by atoms with Crippen LogP contribution in [0.4, 0.5) is 5.69 Å². The number of anilines is 1. The molecule has 0 fully saturated rings. The van der Waals surface area contributed by atoms with Gasteiger partial charge >= 0.3 is 0 Å². The van der Waals surface area contributed by atoms with Crippen molar-refractivity contribution in [2.75, 3.05) is 5.32 Å². The highest BCUT2D eigenvalue weighted by Gasteiger charge is 2.00. The van der Waals surface area contributed by atoms with Crippen LogP contribution in [-0.4, -0.2) is 4.57 Å². The summed E-state index contributed by atoms with van der Waals surface area (Å²) >= 11 is 0. The van der Waals surface area contributed by atoms with Crippen molar-refractivity contribution in [1.82, 2.24) is 4.57 Å². The van der Waals surface area contributed by atoms with E-state index in [1.54, 1.807) is 0 Å². The van der Waals surface area contributed by atoms with E-state index in [1.807, 2.05) is 0 Å². The first-order valence-electron chi connectivity index (χ1n) is 6.11. The molecule has 0 aliphatic carbocycles. The summed E-state index contributed by atoms with van der Waals surface area (Å²) in [4.78, 5) is 0. The number of benzene rings is 1. The predicted molar refractivity (Wildman–Crippen MR) is 73.3 cm³/mol. The molecule has 0 bridgehead atoms. The zero-order valence-electron chi connectivity index (χ0n) is 10.8. The van der Waals surface area contributed by atoms with Gasteiger partial charge in [0.05, 0.1) is 6.54 Å². The lowest BCUT2D eigenvalue weighted by molar-refractivity contribution is 0.841. The third-order valence-corrected chi connectivity index (χ3v) is 3.10. The van der Waals surface area contributed by atoms with E-state index in [1.165, 1.54) is 16.9 Å². The van der Waals surface area contributed by atoms with Gasteiger partial charge in [0.25, 0.3) is 0 Å². The van der Waals surface area contributed by atoms with E-state index in [0.29, 0.717) is 5.92 Å². The summed E-state index contributed by atoms with van der Waals surface area (Å²) in [6.45, 7) is 5.29. The Labute approximate surface area is 103 Å². The van der Waals surface area contributed by atoms with Gasteiger partial charge in [0.2, 0.25) is 0 Å². The summed E-state index contributed by atoms with van der Waals surface area (Å²) in [7, 11) is 2.07. The molecule has 2 heteroatoms. The number of aryl methyl sites for hydroxylation is 1. The van der Waals surface area contributed by atoms with Gasteiger partial charge in [0, 0.05) is 24.6 Å². The summed E-state index contributed by atoms with van der Waals surface area (Å²) < 4.78 is 2.13. The fourth-order valence-electron chi connectivity index (χ4n) is 1.86. The molecule has 0 saturated carbocycles. The quantitative estimate of drug-likeness (QED) is 0.843. The molecule has 0 radical (unpaired) electrons. The molecule has 1 heterocycles. The van der Waals surface area contributed by atoms with E-state index in [-0.39, 0.29) is 0 Å². The Morgan fingerprint density at radius 2 is 1.82 bits per heavy atom. The molecule has 0 spiro atoms. The molecule has 0 amide bonds. The second kappa shape index (κ2) is 5.09. The van der Waals surface area contributed by atoms with Crippen molar-refractivity contribution in [3.63, 3.8) is 0 Å².